The fourth-order valence-corrected chi connectivity index (χ4v) is 3.22. The van der Waals surface area contributed by atoms with E-state index in [0.29, 0.717) is 23.9 Å². The van der Waals surface area contributed by atoms with Crippen LogP contribution in [-0.2, 0) is 4.74 Å². The number of rotatable bonds is 4. The Morgan fingerprint density at radius 3 is 2.87 bits per heavy atom. The van der Waals surface area contributed by atoms with Crippen LogP contribution in [0.5, 0.6) is 0 Å². The van der Waals surface area contributed by atoms with Crippen LogP contribution in [0.2, 0.25) is 0 Å². The Hall–Kier alpha value is -2.30. The lowest BCUT2D eigenvalue weighted by Crippen LogP contribution is -2.24. The average Bonchev–Trinajstić information content (AvgIpc) is 2.57. The molecule has 1 aliphatic rings. The van der Waals surface area contributed by atoms with Crippen molar-refractivity contribution in [2.45, 2.75) is 45.1 Å². The number of ether oxygens (including phenoxy) is 1. The molecule has 1 aromatic heterocycles. The van der Waals surface area contributed by atoms with Gasteiger partial charge in [0.1, 0.15) is 5.56 Å². The molecule has 0 saturated heterocycles. The molecular formula is C18H23N3O2. The molecule has 0 unspecified atom stereocenters. The van der Waals surface area contributed by atoms with Crippen LogP contribution in [0.4, 0.5) is 11.4 Å². The molecule has 5 nitrogen and oxygen atoms in total. The second-order valence-electron chi connectivity index (χ2n) is 5.99. The van der Waals surface area contributed by atoms with Crippen molar-refractivity contribution in [1.82, 2.24) is 4.98 Å². The largest absolute Gasteiger partial charge is 0.462 e. The lowest BCUT2D eigenvalue weighted by Gasteiger charge is -2.25. The molecule has 3 rings (SSSR count). The summed E-state index contributed by atoms with van der Waals surface area (Å²) in [5.41, 5.74) is 8.65. The first kappa shape index (κ1) is 15.6. The van der Waals surface area contributed by atoms with Crippen LogP contribution in [0.1, 0.15) is 49.4 Å². The highest BCUT2D eigenvalue weighted by Gasteiger charge is 2.21. The Balaban J connectivity index is 2.06. The van der Waals surface area contributed by atoms with Gasteiger partial charge in [0, 0.05) is 17.6 Å². The molecule has 0 bridgehead atoms. The zero-order valence-electron chi connectivity index (χ0n) is 13.5. The second kappa shape index (κ2) is 6.86. The van der Waals surface area contributed by atoms with Gasteiger partial charge >= 0.3 is 5.97 Å². The molecule has 1 aliphatic carbocycles. The van der Waals surface area contributed by atoms with Gasteiger partial charge in [0.2, 0.25) is 0 Å². The van der Waals surface area contributed by atoms with Crippen LogP contribution in [0, 0.1) is 0 Å². The quantitative estimate of drug-likeness (QED) is 0.664. The number of aromatic nitrogens is 1. The Morgan fingerprint density at radius 1 is 1.35 bits per heavy atom. The summed E-state index contributed by atoms with van der Waals surface area (Å²) in [6, 6.07) is 6.04. The Kier molecular flexibility index (Phi) is 4.65. The third-order valence-corrected chi connectivity index (χ3v) is 4.38. The van der Waals surface area contributed by atoms with E-state index in [4.69, 9.17) is 10.5 Å². The number of fused-ring (bicyclic) bond motifs is 1. The molecule has 1 fully saturated rings. The van der Waals surface area contributed by atoms with E-state index < -0.39 is 0 Å². The number of carbonyl (C=O) groups excluding carboxylic acids is 1. The number of nitrogens with one attached hydrogen (secondary N) is 1. The third-order valence-electron chi connectivity index (χ3n) is 4.38. The summed E-state index contributed by atoms with van der Waals surface area (Å²) >= 11 is 0. The summed E-state index contributed by atoms with van der Waals surface area (Å²) in [7, 11) is 0. The van der Waals surface area contributed by atoms with E-state index in [0.717, 1.165) is 29.4 Å². The first-order valence-electron chi connectivity index (χ1n) is 8.31. The number of pyridine rings is 1. The van der Waals surface area contributed by atoms with E-state index in [9.17, 15) is 4.79 Å². The van der Waals surface area contributed by atoms with E-state index in [-0.39, 0.29) is 5.97 Å². The lowest BCUT2D eigenvalue weighted by molar-refractivity contribution is 0.0527. The van der Waals surface area contributed by atoms with Crippen LogP contribution in [0.25, 0.3) is 10.9 Å². The van der Waals surface area contributed by atoms with Gasteiger partial charge in [0.25, 0.3) is 0 Å². The van der Waals surface area contributed by atoms with E-state index in [1.807, 2.05) is 18.2 Å². The zero-order valence-corrected chi connectivity index (χ0v) is 13.5. The maximum Gasteiger partial charge on any atom is 0.341 e. The number of esters is 1. The highest BCUT2D eigenvalue weighted by Crippen LogP contribution is 2.32. The first-order valence-corrected chi connectivity index (χ1v) is 8.31. The van der Waals surface area contributed by atoms with Crippen molar-refractivity contribution in [3.8, 4) is 0 Å². The molecule has 1 aromatic carbocycles. The fourth-order valence-electron chi connectivity index (χ4n) is 3.22. The van der Waals surface area contributed by atoms with Gasteiger partial charge in [-0.1, -0.05) is 31.4 Å². The maximum atomic E-state index is 12.3. The molecule has 2 aromatic rings. The minimum atomic E-state index is -0.345. The van der Waals surface area contributed by atoms with Crippen molar-refractivity contribution in [3.63, 3.8) is 0 Å². The molecule has 0 aliphatic heterocycles. The molecule has 0 amide bonds. The second-order valence-corrected chi connectivity index (χ2v) is 5.99. The Morgan fingerprint density at radius 2 is 2.13 bits per heavy atom. The van der Waals surface area contributed by atoms with Gasteiger partial charge < -0.3 is 15.8 Å². The number of benzene rings is 1. The predicted molar refractivity (Wildman–Crippen MR) is 92.6 cm³/mol. The van der Waals surface area contributed by atoms with Crippen LogP contribution in [0.3, 0.4) is 0 Å². The normalized spacial score (nSPS) is 15.5. The summed E-state index contributed by atoms with van der Waals surface area (Å²) in [5.74, 6) is -0.345. The minimum absolute atomic E-state index is 0.344. The zero-order chi connectivity index (χ0) is 16.2. The SMILES string of the molecule is CCOC(=O)c1cnc2c(N)cccc2c1NC1CCCCC1. The Labute approximate surface area is 136 Å². The third kappa shape index (κ3) is 3.23. The smallest absolute Gasteiger partial charge is 0.341 e. The molecule has 23 heavy (non-hydrogen) atoms. The summed E-state index contributed by atoms with van der Waals surface area (Å²) < 4.78 is 5.19. The molecule has 0 spiro atoms. The molecule has 3 N–H and O–H groups in total. The minimum Gasteiger partial charge on any atom is -0.462 e. The van der Waals surface area contributed by atoms with Crippen molar-refractivity contribution in [1.29, 1.82) is 0 Å². The van der Waals surface area contributed by atoms with E-state index >= 15 is 0 Å². The molecular weight excluding hydrogens is 290 g/mol. The van der Waals surface area contributed by atoms with E-state index in [1.165, 1.54) is 19.3 Å². The van der Waals surface area contributed by atoms with E-state index in [2.05, 4.69) is 10.3 Å². The van der Waals surface area contributed by atoms with Crippen molar-refractivity contribution >= 4 is 28.2 Å². The molecule has 0 radical (unpaired) electrons. The maximum absolute atomic E-state index is 12.3. The lowest BCUT2D eigenvalue weighted by atomic mass is 9.94. The number of hydrogen-bond acceptors (Lipinski definition) is 5. The van der Waals surface area contributed by atoms with Gasteiger partial charge in [0.15, 0.2) is 0 Å². The number of carbonyl (C=O) groups is 1. The van der Waals surface area contributed by atoms with Gasteiger partial charge in [-0.3, -0.25) is 4.98 Å². The first-order chi connectivity index (χ1) is 11.2. The standard InChI is InChI=1S/C18H23N3O2/c1-2-23-18(22)14-11-20-17-13(9-6-10-15(17)19)16(14)21-12-7-4-3-5-8-12/h6,9-12H,2-5,7-8,19H2,1H3,(H,20,21). The van der Waals surface area contributed by atoms with Gasteiger partial charge in [0.05, 0.1) is 23.5 Å². The van der Waals surface area contributed by atoms with Crippen LogP contribution in [0.15, 0.2) is 24.4 Å². The Bertz CT molecular complexity index is 709. The molecule has 122 valence electrons. The molecule has 1 heterocycles. The van der Waals surface area contributed by atoms with Gasteiger partial charge in [-0.05, 0) is 25.8 Å². The number of anilines is 2. The van der Waals surface area contributed by atoms with Gasteiger partial charge in [-0.15, -0.1) is 0 Å². The van der Waals surface area contributed by atoms with Crippen LogP contribution in [-0.4, -0.2) is 23.6 Å². The van der Waals surface area contributed by atoms with Gasteiger partial charge in [-0.25, -0.2) is 4.79 Å². The number of para-hydroxylation sites is 1. The monoisotopic (exact) mass is 313 g/mol. The van der Waals surface area contributed by atoms with Crippen LogP contribution < -0.4 is 11.1 Å². The topological polar surface area (TPSA) is 77.2 Å². The average molecular weight is 313 g/mol. The summed E-state index contributed by atoms with van der Waals surface area (Å²) in [5, 5.41) is 4.44. The summed E-state index contributed by atoms with van der Waals surface area (Å²) in [4.78, 5) is 16.7. The van der Waals surface area contributed by atoms with Crippen molar-refractivity contribution in [3.05, 3.63) is 30.0 Å². The highest BCUT2D eigenvalue weighted by molar-refractivity contribution is 6.07. The van der Waals surface area contributed by atoms with Crippen molar-refractivity contribution in [2.75, 3.05) is 17.7 Å². The van der Waals surface area contributed by atoms with E-state index in [1.54, 1.807) is 13.1 Å². The van der Waals surface area contributed by atoms with Crippen molar-refractivity contribution < 1.29 is 9.53 Å². The summed E-state index contributed by atoms with van der Waals surface area (Å²) in [6.07, 6.45) is 7.53. The fraction of sp³-hybridized carbons (Fsp3) is 0.444. The molecule has 5 heteroatoms. The van der Waals surface area contributed by atoms with Gasteiger partial charge in [-0.2, -0.15) is 0 Å². The van der Waals surface area contributed by atoms with Crippen LogP contribution >= 0.6 is 0 Å². The predicted octanol–water partition coefficient (Wildman–Crippen LogP) is 3.74. The number of hydrogen-bond donors (Lipinski definition) is 2. The molecule has 0 atom stereocenters. The number of nitrogen functional groups attached to an aromatic ring is 1. The van der Waals surface area contributed by atoms with Crippen molar-refractivity contribution in [2.24, 2.45) is 0 Å². The number of nitrogens with zero attached hydrogens (tertiary/aromatic N) is 1. The molecule has 1 saturated carbocycles. The summed E-state index contributed by atoms with van der Waals surface area (Å²) in [6.45, 7) is 2.15. The highest BCUT2D eigenvalue weighted by atomic mass is 16.5. The number of nitrogens with two attached hydrogens (primary N) is 1.